The highest BCUT2D eigenvalue weighted by molar-refractivity contribution is 6.32. The number of benzene rings is 1. The van der Waals surface area contributed by atoms with Gasteiger partial charge in [0.25, 0.3) is 0 Å². The van der Waals surface area contributed by atoms with Crippen LogP contribution in [0.2, 0.25) is 5.02 Å². The summed E-state index contributed by atoms with van der Waals surface area (Å²) in [7, 11) is 0. The van der Waals surface area contributed by atoms with Gasteiger partial charge in [-0.05, 0) is 18.2 Å². The lowest BCUT2D eigenvalue weighted by molar-refractivity contribution is 0.462. The normalized spacial score (nSPS) is 9.50. The van der Waals surface area contributed by atoms with E-state index in [-0.39, 0.29) is 0 Å². The molecule has 0 bridgehead atoms. The maximum atomic E-state index is 8.69. The number of nitriles is 1. The van der Waals surface area contributed by atoms with E-state index in [0.29, 0.717) is 22.3 Å². The summed E-state index contributed by atoms with van der Waals surface area (Å²) < 4.78 is 5.46. The van der Waals surface area contributed by atoms with Crippen molar-refractivity contribution in [1.82, 2.24) is 4.98 Å². The summed E-state index contributed by atoms with van der Waals surface area (Å²) in [6, 6.07) is 14.0. The molecule has 0 saturated heterocycles. The summed E-state index contributed by atoms with van der Waals surface area (Å²) in [4.78, 5) is 3.99. The molecule has 0 fully saturated rings. The molecule has 3 nitrogen and oxygen atoms in total. The Morgan fingerprint density at radius 1 is 1.12 bits per heavy atom. The Morgan fingerprint density at radius 3 is 2.69 bits per heavy atom. The first-order chi connectivity index (χ1) is 7.79. The van der Waals surface area contributed by atoms with Gasteiger partial charge in [0.2, 0.25) is 5.88 Å². The molecule has 0 aliphatic heterocycles. The fourth-order valence-electron chi connectivity index (χ4n) is 1.17. The molecule has 78 valence electrons. The lowest BCUT2D eigenvalue weighted by Gasteiger charge is -2.05. The maximum absolute atomic E-state index is 8.69. The molecular formula is C12H7ClN2O. The minimum atomic E-state index is 0.310. The van der Waals surface area contributed by atoms with Crippen molar-refractivity contribution in [2.24, 2.45) is 0 Å². The molecule has 1 heterocycles. The summed E-state index contributed by atoms with van der Waals surface area (Å²) >= 11 is 5.93. The first kappa shape index (κ1) is 10.5. The number of pyridine rings is 1. The van der Waals surface area contributed by atoms with Crippen LogP contribution >= 0.6 is 11.6 Å². The minimum absolute atomic E-state index is 0.310. The molecule has 0 aliphatic carbocycles. The van der Waals surface area contributed by atoms with Gasteiger partial charge in [-0.1, -0.05) is 29.8 Å². The zero-order valence-electron chi connectivity index (χ0n) is 8.22. The molecule has 0 amide bonds. The second-order valence-corrected chi connectivity index (χ2v) is 3.41. The highest BCUT2D eigenvalue weighted by Gasteiger charge is 2.03. The maximum Gasteiger partial charge on any atom is 0.220 e. The van der Waals surface area contributed by atoms with Gasteiger partial charge < -0.3 is 4.74 Å². The van der Waals surface area contributed by atoms with Crippen molar-refractivity contribution < 1.29 is 4.74 Å². The van der Waals surface area contributed by atoms with Gasteiger partial charge in [-0.2, -0.15) is 5.26 Å². The second-order valence-electron chi connectivity index (χ2n) is 3.01. The molecule has 0 radical (unpaired) electrons. The number of rotatable bonds is 2. The molecule has 0 aliphatic rings. The third kappa shape index (κ3) is 2.30. The largest absolute Gasteiger partial charge is 0.437 e. The monoisotopic (exact) mass is 230 g/mol. The van der Waals surface area contributed by atoms with E-state index < -0.39 is 0 Å². The number of hydrogen-bond donors (Lipinski definition) is 0. The topological polar surface area (TPSA) is 45.9 Å². The Bertz CT molecular complexity index is 549. The fourth-order valence-corrected chi connectivity index (χ4v) is 1.35. The molecule has 0 unspecified atom stereocenters. The Hall–Kier alpha value is -2.05. The van der Waals surface area contributed by atoms with Crippen LogP contribution in [-0.4, -0.2) is 4.98 Å². The van der Waals surface area contributed by atoms with Crippen LogP contribution in [0.25, 0.3) is 0 Å². The van der Waals surface area contributed by atoms with Crippen LogP contribution in [0, 0.1) is 11.3 Å². The lowest BCUT2D eigenvalue weighted by atomic mass is 10.3. The molecule has 1 aromatic heterocycles. The molecule has 2 rings (SSSR count). The van der Waals surface area contributed by atoms with E-state index in [2.05, 4.69) is 4.98 Å². The van der Waals surface area contributed by atoms with Gasteiger partial charge >= 0.3 is 0 Å². The molecule has 1 aromatic carbocycles. The van der Waals surface area contributed by atoms with Crippen LogP contribution in [0.15, 0.2) is 42.5 Å². The van der Waals surface area contributed by atoms with Crippen LogP contribution in [0.4, 0.5) is 0 Å². The first-order valence-electron chi connectivity index (χ1n) is 4.59. The number of aromatic nitrogens is 1. The SMILES string of the molecule is N#Cc1cccc(Oc2ccccc2Cl)n1. The van der Waals surface area contributed by atoms with Crippen molar-refractivity contribution in [3.63, 3.8) is 0 Å². The third-order valence-electron chi connectivity index (χ3n) is 1.89. The second kappa shape index (κ2) is 4.65. The molecule has 0 N–H and O–H groups in total. The summed E-state index contributed by atoms with van der Waals surface area (Å²) in [5.41, 5.74) is 0.310. The number of ether oxygens (including phenoxy) is 1. The van der Waals surface area contributed by atoms with Gasteiger partial charge in [-0.25, -0.2) is 4.98 Å². The van der Waals surface area contributed by atoms with E-state index in [1.807, 2.05) is 18.2 Å². The lowest BCUT2D eigenvalue weighted by Crippen LogP contribution is -1.90. The number of nitrogens with zero attached hydrogens (tertiary/aromatic N) is 2. The highest BCUT2D eigenvalue weighted by atomic mass is 35.5. The average Bonchev–Trinajstić information content (AvgIpc) is 2.32. The van der Waals surface area contributed by atoms with Gasteiger partial charge in [0.1, 0.15) is 17.5 Å². The Kier molecular flexibility index (Phi) is 3.04. The van der Waals surface area contributed by atoms with Crippen molar-refractivity contribution in [2.45, 2.75) is 0 Å². The number of para-hydroxylation sites is 1. The quantitative estimate of drug-likeness (QED) is 0.794. The van der Waals surface area contributed by atoms with Crippen LogP contribution in [-0.2, 0) is 0 Å². The minimum Gasteiger partial charge on any atom is -0.437 e. The van der Waals surface area contributed by atoms with E-state index in [9.17, 15) is 0 Å². The first-order valence-corrected chi connectivity index (χ1v) is 4.97. The van der Waals surface area contributed by atoms with Gasteiger partial charge in [0, 0.05) is 6.07 Å². The predicted molar refractivity (Wildman–Crippen MR) is 60.5 cm³/mol. The molecule has 2 aromatic rings. The van der Waals surface area contributed by atoms with E-state index >= 15 is 0 Å². The fraction of sp³-hybridized carbons (Fsp3) is 0. The van der Waals surface area contributed by atoms with E-state index in [1.54, 1.807) is 30.3 Å². The molecule has 0 atom stereocenters. The molecule has 4 heteroatoms. The summed E-state index contributed by atoms with van der Waals surface area (Å²) in [6.45, 7) is 0. The van der Waals surface area contributed by atoms with Gasteiger partial charge in [0.15, 0.2) is 0 Å². The summed E-state index contributed by atoms with van der Waals surface area (Å²) in [5.74, 6) is 0.874. The van der Waals surface area contributed by atoms with Crippen LogP contribution in [0.3, 0.4) is 0 Å². The zero-order chi connectivity index (χ0) is 11.4. The summed E-state index contributed by atoms with van der Waals surface area (Å²) in [6.07, 6.45) is 0. The Morgan fingerprint density at radius 2 is 1.94 bits per heavy atom. The van der Waals surface area contributed by atoms with Crippen LogP contribution in [0.5, 0.6) is 11.6 Å². The van der Waals surface area contributed by atoms with Gasteiger partial charge in [-0.15, -0.1) is 0 Å². The predicted octanol–water partition coefficient (Wildman–Crippen LogP) is 3.40. The third-order valence-corrected chi connectivity index (χ3v) is 2.20. The standard InChI is InChI=1S/C12H7ClN2O/c13-10-5-1-2-6-11(10)16-12-7-3-4-9(8-14)15-12/h1-7H. The number of halogens is 1. The van der Waals surface area contributed by atoms with E-state index in [1.165, 1.54) is 0 Å². The zero-order valence-corrected chi connectivity index (χ0v) is 8.98. The highest BCUT2D eigenvalue weighted by Crippen LogP contribution is 2.27. The Balaban J connectivity index is 2.28. The van der Waals surface area contributed by atoms with Crippen molar-refractivity contribution in [2.75, 3.05) is 0 Å². The van der Waals surface area contributed by atoms with E-state index in [4.69, 9.17) is 21.6 Å². The number of hydrogen-bond acceptors (Lipinski definition) is 3. The Labute approximate surface area is 97.9 Å². The van der Waals surface area contributed by atoms with Gasteiger partial charge in [0.05, 0.1) is 5.02 Å². The summed E-state index contributed by atoms with van der Waals surface area (Å²) in [5, 5.41) is 9.19. The average molecular weight is 231 g/mol. The van der Waals surface area contributed by atoms with Crippen molar-refractivity contribution >= 4 is 11.6 Å². The molecule has 16 heavy (non-hydrogen) atoms. The van der Waals surface area contributed by atoms with Crippen LogP contribution < -0.4 is 4.74 Å². The van der Waals surface area contributed by atoms with Crippen LogP contribution in [0.1, 0.15) is 5.69 Å². The molecule has 0 spiro atoms. The van der Waals surface area contributed by atoms with Crippen molar-refractivity contribution in [1.29, 1.82) is 5.26 Å². The van der Waals surface area contributed by atoms with Crippen molar-refractivity contribution in [3.8, 4) is 17.7 Å². The van der Waals surface area contributed by atoms with Gasteiger partial charge in [-0.3, -0.25) is 0 Å². The molecular weight excluding hydrogens is 224 g/mol. The smallest absolute Gasteiger partial charge is 0.220 e. The molecule has 0 saturated carbocycles. The van der Waals surface area contributed by atoms with Crippen molar-refractivity contribution in [3.05, 3.63) is 53.2 Å². The van der Waals surface area contributed by atoms with E-state index in [0.717, 1.165) is 0 Å².